The van der Waals surface area contributed by atoms with Gasteiger partial charge in [0.25, 0.3) is 0 Å². The molecule has 0 aromatic heterocycles. The molecule has 0 bridgehead atoms. The summed E-state index contributed by atoms with van der Waals surface area (Å²) < 4.78 is 5.44. The lowest BCUT2D eigenvalue weighted by molar-refractivity contribution is -0.183. The topological polar surface area (TPSA) is 43.4 Å². The zero-order chi connectivity index (χ0) is 24.9. The first-order valence-corrected chi connectivity index (χ1v) is 13.7. The molecule has 188 valence electrons. The van der Waals surface area contributed by atoms with E-state index in [9.17, 15) is 9.59 Å². The Morgan fingerprint density at radius 2 is 1.65 bits per heavy atom. The molecule has 3 nitrogen and oxygen atoms in total. The first-order chi connectivity index (χ1) is 15.7. The van der Waals surface area contributed by atoms with Crippen molar-refractivity contribution in [2.75, 3.05) is 7.11 Å². The molecule has 0 amide bonds. The van der Waals surface area contributed by atoms with Crippen LogP contribution in [-0.4, -0.2) is 18.9 Å². The quantitative estimate of drug-likeness (QED) is 0.301. The van der Waals surface area contributed by atoms with E-state index in [1.165, 1.54) is 12.0 Å². The molecule has 3 saturated carbocycles. The minimum absolute atomic E-state index is 0.0178. The van der Waals surface area contributed by atoms with Crippen molar-refractivity contribution < 1.29 is 14.3 Å². The fourth-order valence-electron chi connectivity index (χ4n) is 10.3. The second-order valence-electron chi connectivity index (χ2n) is 14.8. The maximum absolute atomic E-state index is 14.3. The van der Waals surface area contributed by atoms with Crippen molar-refractivity contribution >= 4 is 11.8 Å². The van der Waals surface area contributed by atoms with Gasteiger partial charge in [-0.25, -0.2) is 0 Å². The highest BCUT2D eigenvalue weighted by atomic mass is 16.5. The molecule has 0 aromatic rings. The highest BCUT2D eigenvalue weighted by Crippen LogP contribution is 2.74. The molecule has 0 aromatic carbocycles. The predicted octanol–water partition coefficient (Wildman–Crippen LogP) is 7.31. The average Bonchev–Trinajstić information content (AvgIpc) is 2.73. The molecular formula is C31H46O3. The normalized spacial score (nSPS) is 48.5. The minimum Gasteiger partial charge on any atom is -0.469 e. The lowest BCUT2D eigenvalue weighted by atomic mass is 9.34. The Labute approximate surface area is 207 Å². The predicted molar refractivity (Wildman–Crippen MR) is 136 cm³/mol. The average molecular weight is 467 g/mol. The van der Waals surface area contributed by atoms with E-state index >= 15 is 0 Å². The summed E-state index contributed by atoms with van der Waals surface area (Å²) in [6, 6.07) is 0. The molecule has 5 rings (SSSR count). The fraction of sp³-hybridized carbons (Fsp3) is 0.806. The van der Waals surface area contributed by atoms with E-state index in [1.807, 2.05) is 0 Å². The lowest BCUT2D eigenvalue weighted by Crippen LogP contribution is -2.65. The van der Waals surface area contributed by atoms with Gasteiger partial charge in [-0.15, -0.1) is 0 Å². The largest absolute Gasteiger partial charge is 0.469 e. The van der Waals surface area contributed by atoms with Crippen molar-refractivity contribution in [3.63, 3.8) is 0 Å². The molecular weight excluding hydrogens is 420 g/mol. The summed E-state index contributed by atoms with van der Waals surface area (Å²) in [5.74, 6) is 0.955. The van der Waals surface area contributed by atoms with E-state index in [2.05, 4.69) is 66.7 Å². The van der Waals surface area contributed by atoms with Crippen LogP contribution < -0.4 is 0 Å². The Hall–Kier alpha value is -1.38. The third-order valence-electron chi connectivity index (χ3n) is 12.2. The van der Waals surface area contributed by atoms with E-state index in [4.69, 9.17) is 4.74 Å². The molecule has 5 aliphatic rings. The number of ketones is 1. The Kier molecular flexibility index (Phi) is 5.08. The Morgan fingerprint density at radius 3 is 2.32 bits per heavy atom. The molecule has 34 heavy (non-hydrogen) atoms. The van der Waals surface area contributed by atoms with Crippen LogP contribution in [0.3, 0.4) is 0 Å². The van der Waals surface area contributed by atoms with Gasteiger partial charge >= 0.3 is 5.97 Å². The lowest BCUT2D eigenvalue weighted by Gasteiger charge is -2.69. The van der Waals surface area contributed by atoms with Crippen molar-refractivity contribution in [3.8, 4) is 0 Å². The second-order valence-corrected chi connectivity index (χ2v) is 14.8. The standard InChI is InChI=1S/C31H46O3/c1-26(2)14-16-31(25(33)34-8)17-15-29(6)20(21(31)19-26)18-22(32)24-28(5)12-9-11-27(3,4)23(28)10-13-30(24,29)7/h9,11,18,21,23-24H,10,12-17,19H2,1-8H3/t21?,23?,24?,28-,29+,30+,31-/m0/s1. The maximum atomic E-state index is 14.3. The molecule has 0 saturated heterocycles. The van der Waals surface area contributed by atoms with Crippen molar-refractivity contribution in [1.29, 1.82) is 0 Å². The van der Waals surface area contributed by atoms with Crippen LogP contribution in [-0.2, 0) is 14.3 Å². The van der Waals surface area contributed by atoms with Crippen LogP contribution in [0.2, 0.25) is 0 Å². The Morgan fingerprint density at radius 1 is 0.971 bits per heavy atom. The first-order valence-electron chi connectivity index (χ1n) is 13.7. The molecule has 5 aliphatic carbocycles. The van der Waals surface area contributed by atoms with Gasteiger partial charge < -0.3 is 4.74 Å². The van der Waals surface area contributed by atoms with Gasteiger partial charge in [0.05, 0.1) is 12.5 Å². The third-order valence-corrected chi connectivity index (χ3v) is 12.2. The van der Waals surface area contributed by atoms with Crippen molar-refractivity contribution in [3.05, 3.63) is 23.8 Å². The minimum atomic E-state index is -0.463. The van der Waals surface area contributed by atoms with Gasteiger partial charge in [0.1, 0.15) is 0 Å². The number of methoxy groups -OCH3 is 1. The SMILES string of the molecule is COC(=O)[C@]12CCC(C)(C)CC1C1=CC(=O)C3[C@@]4(C)CC=CC(C)(C)C4CC[C@@]3(C)[C@]1(C)CC2. The molecule has 0 heterocycles. The molecule has 0 aliphatic heterocycles. The Balaban J connectivity index is 1.66. The fourth-order valence-corrected chi connectivity index (χ4v) is 10.3. The summed E-state index contributed by atoms with van der Waals surface area (Å²) in [4.78, 5) is 27.6. The summed E-state index contributed by atoms with van der Waals surface area (Å²) in [6.07, 6.45) is 14.8. The molecule has 3 heteroatoms. The van der Waals surface area contributed by atoms with Gasteiger partial charge in [-0.2, -0.15) is 0 Å². The second kappa shape index (κ2) is 7.10. The van der Waals surface area contributed by atoms with Crippen LogP contribution in [0, 0.1) is 50.2 Å². The molecule has 0 N–H and O–H groups in total. The van der Waals surface area contributed by atoms with E-state index in [0.717, 1.165) is 44.9 Å². The van der Waals surface area contributed by atoms with Gasteiger partial charge in [0.15, 0.2) is 5.78 Å². The van der Waals surface area contributed by atoms with E-state index in [0.29, 0.717) is 11.7 Å². The molecule has 7 atom stereocenters. The summed E-state index contributed by atoms with van der Waals surface area (Å²) in [7, 11) is 1.54. The van der Waals surface area contributed by atoms with Crippen LogP contribution in [0.1, 0.15) is 99.8 Å². The number of hydrogen-bond acceptors (Lipinski definition) is 3. The van der Waals surface area contributed by atoms with E-state index in [1.54, 1.807) is 7.11 Å². The third kappa shape index (κ3) is 2.88. The zero-order valence-corrected chi connectivity index (χ0v) is 22.8. The molecule has 3 unspecified atom stereocenters. The molecule has 0 radical (unpaired) electrons. The summed E-state index contributed by atoms with van der Waals surface area (Å²) in [5.41, 5.74) is 0.966. The highest BCUT2D eigenvalue weighted by molar-refractivity contribution is 5.96. The van der Waals surface area contributed by atoms with Crippen LogP contribution in [0.4, 0.5) is 0 Å². The van der Waals surface area contributed by atoms with Crippen molar-refractivity contribution in [1.82, 2.24) is 0 Å². The van der Waals surface area contributed by atoms with Crippen LogP contribution in [0.25, 0.3) is 0 Å². The molecule has 0 spiro atoms. The highest BCUT2D eigenvalue weighted by Gasteiger charge is 2.70. The number of carbonyl (C=O) groups is 2. The van der Waals surface area contributed by atoms with Crippen molar-refractivity contribution in [2.45, 2.75) is 99.8 Å². The van der Waals surface area contributed by atoms with Gasteiger partial charge in [-0.1, -0.05) is 66.2 Å². The number of carbonyl (C=O) groups excluding carboxylic acids is 2. The first kappa shape index (κ1) is 24.3. The number of fused-ring (bicyclic) bond motifs is 7. The maximum Gasteiger partial charge on any atom is 0.312 e. The van der Waals surface area contributed by atoms with Gasteiger partial charge in [0, 0.05) is 5.92 Å². The van der Waals surface area contributed by atoms with E-state index < -0.39 is 5.41 Å². The van der Waals surface area contributed by atoms with E-state index in [-0.39, 0.29) is 44.9 Å². The molecule has 3 fully saturated rings. The summed E-state index contributed by atoms with van der Waals surface area (Å²) >= 11 is 0. The smallest absolute Gasteiger partial charge is 0.312 e. The zero-order valence-electron chi connectivity index (χ0n) is 22.8. The number of allylic oxidation sites excluding steroid dienone is 4. The number of hydrogen-bond donors (Lipinski definition) is 0. The van der Waals surface area contributed by atoms with Crippen molar-refractivity contribution in [2.24, 2.45) is 50.2 Å². The summed E-state index contributed by atoms with van der Waals surface area (Å²) in [5, 5.41) is 0. The van der Waals surface area contributed by atoms with Gasteiger partial charge in [-0.3, -0.25) is 9.59 Å². The van der Waals surface area contributed by atoms with Gasteiger partial charge in [0.2, 0.25) is 0 Å². The van der Waals surface area contributed by atoms with Crippen LogP contribution in [0.15, 0.2) is 23.8 Å². The van der Waals surface area contributed by atoms with Crippen LogP contribution >= 0.6 is 0 Å². The van der Waals surface area contributed by atoms with Gasteiger partial charge in [-0.05, 0) is 96.4 Å². The van der Waals surface area contributed by atoms with Crippen LogP contribution in [0.5, 0.6) is 0 Å². The monoisotopic (exact) mass is 466 g/mol. The number of ether oxygens (including phenoxy) is 1. The Bertz CT molecular complexity index is 985. The number of rotatable bonds is 1. The number of esters is 1. The summed E-state index contributed by atoms with van der Waals surface area (Å²) in [6.45, 7) is 16.7.